The molecule has 1 aromatic heterocycles. The van der Waals surface area contributed by atoms with Crippen molar-refractivity contribution >= 4 is 5.82 Å². The molecule has 0 saturated heterocycles. The van der Waals surface area contributed by atoms with Gasteiger partial charge in [-0.15, -0.1) is 5.10 Å². The lowest BCUT2D eigenvalue weighted by molar-refractivity contribution is 0.311. The van der Waals surface area contributed by atoms with E-state index in [1.54, 1.807) is 0 Å². The van der Waals surface area contributed by atoms with Gasteiger partial charge in [0.2, 0.25) is 0 Å². The molecule has 0 aliphatic carbocycles. The van der Waals surface area contributed by atoms with Crippen LogP contribution in [-0.4, -0.2) is 28.5 Å². The summed E-state index contributed by atoms with van der Waals surface area (Å²) in [6, 6.07) is 3.70. The maximum Gasteiger partial charge on any atom is 0.148 e. The standard InChI is InChI=1S/C7H11N3O/c1-6-2-3-7(10-9-6)8-4-5-11/h2-3,11H,4-5H2,1H3,(H,8,10). The molecule has 60 valence electrons. The molecule has 1 heterocycles. The van der Waals surface area contributed by atoms with Gasteiger partial charge in [-0.2, -0.15) is 5.10 Å². The van der Waals surface area contributed by atoms with Crippen LogP contribution >= 0.6 is 0 Å². The lowest BCUT2D eigenvalue weighted by atomic mass is 10.4. The number of hydrogen-bond donors (Lipinski definition) is 2. The fourth-order valence-corrected chi connectivity index (χ4v) is 0.677. The zero-order valence-corrected chi connectivity index (χ0v) is 6.41. The summed E-state index contributed by atoms with van der Waals surface area (Å²) in [5.41, 5.74) is 0.888. The summed E-state index contributed by atoms with van der Waals surface area (Å²) < 4.78 is 0. The third-order valence-corrected chi connectivity index (χ3v) is 1.22. The van der Waals surface area contributed by atoms with Crippen molar-refractivity contribution < 1.29 is 5.11 Å². The summed E-state index contributed by atoms with van der Waals surface area (Å²) in [6.07, 6.45) is 0. The Morgan fingerprint density at radius 2 is 2.27 bits per heavy atom. The summed E-state index contributed by atoms with van der Waals surface area (Å²) >= 11 is 0. The van der Waals surface area contributed by atoms with Crippen LogP contribution in [0.5, 0.6) is 0 Å². The average molecular weight is 153 g/mol. The second-order valence-corrected chi connectivity index (χ2v) is 2.21. The Labute approximate surface area is 65.3 Å². The summed E-state index contributed by atoms with van der Waals surface area (Å²) in [5.74, 6) is 0.699. The average Bonchev–Trinajstić information content (AvgIpc) is 2.04. The Bertz CT molecular complexity index is 209. The number of rotatable bonds is 3. The van der Waals surface area contributed by atoms with Gasteiger partial charge in [-0.05, 0) is 19.1 Å². The van der Waals surface area contributed by atoms with Crippen LogP contribution in [0.4, 0.5) is 5.82 Å². The zero-order valence-electron chi connectivity index (χ0n) is 6.41. The lowest BCUT2D eigenvalue weighted by Gasteiger charge is -2.00. The van der Waals surface area contributed by atoms with E-state index in [9.17, 15) is 0 Å². The second-order valence-electron chi connectivity index (χ2n) is 2.21. The fraction of sp³-hybridized carbons (Fsp3) is 0.429. The molecule has 0 aromatic carbocycles. The molecule has 0 unspecified atom stereocenters. The van der Waals surface area contributed by atoms with Crippen molar-refractivity contribution in [1.29, 1.82) is 0 Å². The van der Waals surface area contributed by atoms with Crippen LogP contribution < -0.4 is 5.32 Å². The molecule has 11 heavy (non-hydrogen) atoms. The third kappa shape index (κ3) is 2.51. The van der Waals surface area contributed by atoms with Crippen LogP contribution in [0.1, 0.15) is 5.69 Å². The van der Waals surface area contributed by atoms with E-state index in [2.05, 4.69) is 15.5 Å². The van der Waals surface area contributed by atoms with E-state index in [0.717, 1.165) is 5.69 Å². The number of hydrogen-bond acceptors (Lipinski definition) is 4. The van der Waals surface area contributed by atoms with Crippen molar-refractivity contribution in [3.63, 3.8) is 0 Å². The maximum absolute atomic E-state index is 8.47. The molecule has 0 bridgehead atoms. The van der Waals surface area contributed by atoms with Gasteiger partial charge < -0.3 is 10.4 Å². The highest BCUT2D eigenvalue weighted by atomic mass is 16.3. The lowest BCUT2D eigenvalue weighted by Crippen LogP contribution is -2.07. The number of anilines is 1. The summed E-state index contributed by atoms with van der Waals surface area (Å²) in [6.45, 7) is 2.50. The van der Waals surface area contributed by atoms with Crippen molar-refractivity contribution in [3.05, 3.63) is 17.8 Å². The summed E-state index contributed by atoms with van der Waals surface area (Å²) in [5, 5.41) is 19.1. The van der Waals surface area contributed by atoms with Gasteiger partial charge in [0.05, 0.1) is 12.3 Å². The van der Waals surface area contributed by atoms with Crippen LogP contribution in [0.15, 0.2) is 12.1 Å². The first-order valence-corrected chi connectivity index (χ1v) is 3.48. The Morgan fingerprint density at radius 1 is 1.45 bits per heavy atom. The maximum atomic E-state index is 8.47. The van der Waals surface area contributed by atoms with Crippen LogP contribution in [0.2, 0.25) is 0 Å². The molecule has 0 atom stereocenters. The Balaban J connectivity index is 2.52. The smallest absolute Gasteiger partial charge is 0.148 e. The largest absolute Gasteiger partial charge is 0.395 e. The van der Waals surface area contributed by atoms with Crippen LogP contribution in [-0.2, 0) is 0 Å². The van der Waals surface area contributed by atoms with Gasteiger partial charge in [0, 0.05) is 6.54 Å². The minimum atomic E-state index is 0.107. The third-order valence-electron chi connectivity index (χ3n) is 1.22. The Kier molecular flexibility index (Phi) is 2.80. The molecular formula is C7H11N3O. The quantitative estimate of drug-likeness (QED) is 0.650. The highest BCUT2D eigenvalue weighted by Crippen LogP contribution is 1.99. The number of nitrogens with one attached hydrogen (secondary N) is 1. The number of aliphatic hydroxyl groups excluding tert-OH is 1. The SMILES string of the molecule is Cc1ccc(NCCO)nn1. The van der Waals surface area contributed by atoms with Crippen molar-refractivity contribution in [2.45, 2.75) is 6.92 Å². The highest BCUT2D eigenvalue weighted by molar-refractivity contribution is 5.32. The van der Waals surface area contributed by atoms with Crippen molar-refractivity contribution in [1.82, 2.24) is 10.2 Å². The minimum Gasteiger partial charge on any atom is -0.395 e. The molecule has 1 aromatic rings. The Morgan fingerprint density at radius 3 is 2.82 bits per heavy atom. The van der Waals surface area contributed by atoms with E-state index in [0.29, 0.717) is 12.4 Å². The topological polar surface area (TPSA) is 58.0 Å². The van der Waals surface area contributed by atoms with Crippen LogP contribution in [0, 0.1) is 6.92 Å². The first-order valence-electron chi connectivity index (χ1n) is 3.48. The van der Waals surface area contributed by atoms with E-state index < -0.39 is 0 Å². The van der Waals surface area contributed by atoms with Crippen LogP contribution in [0.25, 0.3) is 0 Å². The molecule has 0 aliphatic heterocycles. The minimum absolute atomic E-state index is 0.107. The fourth-order valence-electron chi connectivity index (χ4n) is 0.677. The van der Waals surface area contributed by atoms with E-state index in [1.165, 1.54) is 0 Å². The summed E-state index contributed by atoms with van der Waals surface area (Å²) in [7, 11) is 0. The highest BCUT2D eigenvalue weighted by Gasteiger charge is 1.91. The van der Waals surface area contributed by atoms with E-state index in [1.807, 2.05) is 19.1 Å². The molecule has 0 radical (unpaired) electrons. The number of aromatic nitrogens is 2. The molecule has 4 nitrogen and oxygen atoms in total. The molecule has 0 amide bonds. The normalized spacial score (nSPS) is 9.64. The molecule has 0 saturated carbocycles. The van der Waals surface area contributed by atoms with Gasteiger partial charge >= 0.3 is 0 Å². The second kappa shape index (κ2) is 3.88. The van der Waals surface area contributed by atoms with Gasteiger partial charge in [0.15, 0.2) is 0 Å². The predicted octanol–water partition coefficient (Wildman–Crippen LogP) is 0.189. The van der Waals surface area contributed by atoms with Gasteiger partial charge in [-0.3, -0.25) is 0 Å². The molecule has 0 fully saturated rings. The molecular weight excluding hydrogens is 142 g/mol. The van der Waals surface area contributed by atoms with Crippen LogP contribution in [0.3, 0.4) is 0 Å². The molecule has 0 spiro atoms. The van der Waals surface area contributed by atoms with Gasteiger partial charge in [-0.25, -0.2) is 0 Å². The predicted molar refractivity (Wildman–Crippen MR) is 42.3 cm³/mol. The van der Waals surface area contributed by atoms with Crippen molar-refractivity contribution in [2.24, 2.45) is 0 Å². The monoisotopic (exact) mass is 153 g/mol. The van der Waals surface area contributed by atoms with E-state index in [-0.39, 0.29) is 6.61 Å². The number of aryl methyl sites for hydroxylation is 1. The molecule has 1 rings (SSSR count). The molecule has 2 N–H and O–H groups in total. The van der Waals surface area contributed by atoms with Crippen molar-refractivity contribution in [3.8, 4) is 0 Å². The van der Waals surface area contributed by atoms with Crippen molar-refractivity contribution in [2.75, 3.05) is 18.5 Å². The number of nitrogens with zero attached hydrogens (tertiary/aromatic N) is 2. The van der Waals surface area contributed by atoms with E-state index >= 15 is 0 Å². The zero-order chi connectivity index (χ0) is 8.10. The molecule has 4 heteroatoms. The Hall–Kier alpha value is -1.16. The van der Waals surface area contributed by atoms with Gasteiger partial charge in [0.25, 0.3) is 0 Å². The van der Waals surface area contributed by atoms with Gasteiger partial charge in [0.1, 0.15) is 5.82 Å². The summed E-state index contributed by atoms with van der Waals surface area (Å²) in [4.78, 5) is 0. The first-order chi connectivity index (χ1) is 5.33. The van der Waals surface area contributed by atoms with Gasteiger partial charge in [-0.1, -0.05) is 0 Å². The first kappa shape index (κ1) is 7.94. The number of aliphatic hydroxyl groups is 1. The molecule has 0 aliphatic rings. The van der Waals surface area contributed by atoms with E-state index in [4.69, 9.17) is 5.11 Å².